The van der Waals surface area contributed by atoms with Crippen LogP contribution < -0.4 is 0 Å². The molecule has 0 bridgehead atoms. The summed E-state index contributed by atoms with van der Waals surface area (Å²) in [4.78, 5) is 0.154. The average molecular weight is 568 g/mol. The first kappa shape index (κ1) is 22.9. The third-order valence-electron chi connectivity index (χ3n) is 4.79. The van der Waals surface area contributed by atoms with E-state index in [9.17, 15) is 16.8 Å². The van der Waals surface area contributed by atoms with Crippen LogP contribution in [0.25, 0.3) is 0 Å². The second-order valence-electron chi connectivity index (χ2n) is 6.99. The molecule has 1 saturated carbocycles. The fourth-order valence-corrected chi connectivity index (χ4v) is 6.19. The van der Waals surface area contributed by atoms with Crippen molar-refractivity contribution in [3.63, 3.8) is 0 Å². The minimum absolute atomic E-state index is 0.0771. The number of alkyl halides is 2. The van der Waals surface area contributed by atoms with Gasteiger partial charge in [0.05, 0.1) is 26.2 Å². The van der Waals surface area contributed by atoms with Gasteiger partial charge < -0.3 is 0 Å². The summed E-state index contributed by atoms with van der Waals surface area (Å²) in [7, 11) is -7.79. The summed E-state index contributed by atoms with van der Waals surface area (Å²) in [5.41, 5.74) is 1.89. The van der Waals surface area contributed by atoms with Gasteiger partial charge in [-0.3, -0.25) is 8.37 Å². The van der Waals surface area contributed by atoms with Gasteiger partial charge in [-0.1, -0.05) is 67.3 Å². The van der Waals surface area contributed by atoms with Crippen LogP contribution in [0.4, 0.5) is 0 Å². The van der Waals surface area contributed by atoms with Crippen molar-refractivity contribution in [2.75, 3.05) is 13.2 Å². The van der Waals surface area contributed by atoms with Crippen LogP contribution in [0.1, 0.15) is 11.1 Å². The van der Waals surface area contributed by atoms with Crippen molar-refractivity contribution in [1.29, 1.82) is 0 Å². The molecule has 2 aromatic carbocycles. The van der Waals surface area contributed by atoms with Crippen LogP contribution in [0.2, 0.25) is 0 Å². The summed E-state index contributed by atoms with van der Waals surface area (Å²) in [6, 6.07) is 12.7. The molecule has 2 atom stereocenters. The van der Waals surface area contributed by atoms with Crippen LogP contribution in [0.5, 0.6) is 0 Å². The molecule has 10 heteroatoms. The normalized spacial score (nSPS) is 21.1. The molecular weight excluding hydrogens is 548 g/mol. The van der Waals surface area contributed by atoms with Gasteiger partial charge in [-0.15, -0.1) is 0 Å². The van der Waals surface area contributed by atoms with Crippen LogP contribution in [-0.4, -0.2) is 33.3 Å². The molecule has 1 aliphatic rings. The molecule has 1 aliphatic carbocycles. The van der Waals surface area contributed by atoms with Gasteiger partial charge in [0.1, 0.15) is 0 Å². The minimum atomic E-state index is -3.90. The monoisotopic (exact) mass is 566 g/mol. The molecule has 0 radical (unpaired) electrons. The molecule has 0 amide bonds. The molecule has 0 unspecified atom stereocenters. The Balaban J connectivity index is 1.60. The Morgan fingerprint density at radius 1 is 0.724 bits per heavy atom. The highest BCUT2D eigenvalue weighted by atomic mass is 79.9. The smallest absolute Gasteiger partial charge is 0.266 e. The lowest BCUT2D eigenvalue weighted by Gasteiger charge is -2.07. The van der Waals surface area contributed by atoms with E-state index in [2.05, 4.69) is 31.9 Å². The van der Waals surface area contributed by atoms with Crippen molar-refractivity contribution >= 4 is 52.1 Å². The molecule has 0 heterocycles. The molecule has 29 heavy (non-hydrogen) atoms. The molecule has 0 N–H and O–H groups in total. The van der Waals surface area contributed by atoms with Crippen LogP contribution >= 0.6 is 31.9 Å². The first-order chi connectivity index (χ1) is 13.4. The van der Waals surface area contributed by atoms with Gasteiger partial charge >= 0.3 is 0 Å². The first-order valence-electron chi connectivity index (χ1n) is 8.73. The summed E-state index contributed by atoms with van der Waals surface area (Å²) in [5.74, 6) is -0.563. The van der Waals surface area contributed by atoms with E-state index in [1.807, 2.05) is 13.8 Å². The lowest BCUT2D eigenvalue weighted by molar-refractivity contribution is 0.261. The molecule has 158 valence electrons. The Bertz CT molecular complexity index is 991. The molecule has 0 aromatic heterocycles. The van der Waals surface area contributed by atoms with Crippen molar-refractivity contribution < 1.29 is 25.2 Å². The molecule has 3 rings (SSSR count). The standard InChI is InChI=1S/C19H20Br2O6S2/c1-13-3-7-15(8-4-13)28(22,23)26-11-17-18(19(17,20)21)12-27-29(24,25)16-9-5-14(2)6-10-16/h3-10,17-18H,11-12H2,1-2H3/t17-,18+. The number of hydrogen-bond donors (Lipinski definition) is 0. The van der Waals surface area contributed by atoms with Gasteiger partial charge in [0.25, 0.3) is 20.2 Å². The molecular formula is C19H20Br2O6S2. The van der Waals surface area contributed by atoms with Crippen molar-refractivity contribution in [3.8, 4) is 0 Å². The van der Waals surface area contributed by atoms with Gasteiger partial charge in [0, 0.05) is 11.8 Å². The quantitative estimate of drug-likeness (QED) is 0.352. The SMILES string of the molecule is Cc1ccc(S(=O)(=O)OC[C@@H]2[C@H](COS(=O)(=O)c3ccc(C)cc3)C2(Br)Br)cc1. The van der Waals surface area contributed by atoms with Crippen molar-refractivity contribution in [2.24, 2.45) is 11.8 Å². The molecule has 0 spiro atoms. The van der Waals surface area contributed by atoms with Crippen LogP contribution in [0.15, 0.2) is 58.3 Å². The lowest BCUT2D eigenvalue weighted by atomic mass is 10.2. The maximum Gasteiger partial charge on any atom is 0.296 e. The van der Waals surface area contributed by atoms with Crippen LogP contribution in [0, 0.1) is 25.7 Å². The van der Waals surface area contributed by atoms with E-state index in [0.717, 1.165) is 11.1 Å². The van der Waals surface area contributed by atoms with Gasteiger partial charge in [0.2, 0.25) is 0 Å². The molecule has 2 aromatic rings. The largest absolute Gasteiger partial charge is 0.296 e. The van der Waals surface area contributed by atoms with Gasteiger partial charge in [0.15, 0.2) is 0 Å². The number of rotatable bonds is 8. The van der Waals surface area contributed by atoms with E-state index < -0.39 is 23.5 Å². The summed E-state index contributed by atoms with van der Waals surface area (Å²) >= 11 is 6.91. The third kappa shape index (κ3) is 5.29. The molecule has 0 saturated heterocycles. The fraction of sp³-hybridized carbons (Fsp3) is 0.368. The number of halogens is 2. The highest BCUT2D eigenvalue weighted by Gasteiger charge is 2.62. The Morgan fingerprint density at radius 2 is 1.03 bits per heavy atom. The Morgan fingerprint density at radius 3 is 1.34 bits per heavy atom. The van der Waals surface area contributed by atoms with Crippen molar-refractivity contribution in [1.82, 2.24) is 0 Å². The zero-order chi connectivity index (χ0) is 21.4. The van der Waals surface area contributed by atoms with Gasteiger partial charge in [-0.2, -0.15) is 16.8 Å². The van der Waals surface area contributed by atoms with Gasteiger partial charge in [-0.05, 0) is 38.1 Å². The zero-order valence-corrected chi connectivity index (χ0v) is 20.5. The van der Waals surface area contributed by atoms with E-state index in [1.54, 1.807) is 24.3 Å². The predicted octanol–water partition coefficient (Wildman–Crippen LogP) is 4.15. The number of aryl methyl sites for hydroxylation is 2. The number of benzene rings is 2. The van der Waals surface area contributed by atoms with Crippen molar-refractivity contribution in [3.05, 3.63) is 59.7 Å². The Labute approximate surface area is 188 Å². The summed E-state index contributed by atoms with van der Waals surface area (Å²) in [6.07, 6.45) is 0. The summed E-state index contributed by atoms with van der Waals surface area (Å²) in [6.45, 7) is 3.51. The Hall–Kier alpha value is -0.780. The van der Waals surface area contributed by atoms with E-state index in [-0.39, 0.29) is 34.8 Å². The second kappa shape index (κ2) is 8.39. The fourth-order valence-electron chi connectivity index (χ4n) is 2.79. The van der Waals surface area contributed by atoms with E-state index in [4.69, 9.17) is 8.37 Å². The highest BCUT2D eigenvalue weighted by molar-refractivity contribution is 9.25. The minimum Gasteiger partial charge on any atom is -0.266 e. The highest BCUT2D eigenvalue weighted by Crippen LogP contribution is 2.62. The van der Waals surface area contributed by atoms with E-state index in [0.29, 0.717) is 0 Å². The average Bonchev–Trinajstić information content (AvgIpc) is 3.18. The number of hydrogen-bond acceptors (Lipinski definition) is 6. The zero-order valence-electron chi connectivity index (χ0n) is 15.7. The Kier molecular flexibility index (Phi) is 6.63. The van der Waals surface area contributed by atoms with Crippen LogP contribution in [0.3, 0.4) is 0 Å². The van der Waals surface area contributed by atoms with E-state index >= 15 is 0 Å². The topological polar surface area (TPSA) is 86.7 Å². The third-order valence-corrected chi connectivity index (χ3v) is 9.73. The predicted molar refractivity (Wildman–Crippen MR) is 116 cm³/mol. The second-order valence-corrected chi connectivity index (χ2v) is 13.9. The van der Waals surface area contributed by atoms with E-state index in [1.165, 1.54) is 24.3 Å². The molecule has 1 fully saturated rings. The molecule has 0 aliphatic heterocycles. The van der Waals surface area contributed by atoms with Gasteiger partial charge in [-0.25, -0.2) is 0 Å². The first-order valence-corrected chi connectivity index (χ1v) is 13.1. The summed E-state index contributed by atoms with van der Waals surface area (Å²) in [5, 5.41) is 0. The van der Waals surface area contributed by atoms with Crippen LogP contribution in [-0.2, 0) is 28.6 Å². The lowest BCUT2D eigenvalue weighted by Crippen LogP contribution is -2.12. The molecule has 6 nitrogen and oxygen atoms in total. The summed E-state index contributed by atoms with van der Waals surface area (Å²) < 4.78 is 59.1. The maximum absolute atomic E-state index is 12.3. The van der Waals surface area contributed by atoms with Crippen molar-refractivity contribution in [2.45, 2.75) is 26.9 Å². The maximum atomic E-state index is 12.3.